The van der Waals surface area contributed by atoms with Crippen LogP contribution in [0, 0.1) is 0 Å². The Bertz CT molecular complexity index is 360. The van der Waals surface area contributed by atoms with Crippen molar-refractivity contribution < 1.29 is 0 Å². The van der Waals surface area contributed by atoms with Crippen LogP contribution in [-0.4, -0.2) is 0 Å². The molecule has 15 heavy (non-hydrogen) atoms. The first-order valence-corrected chi connectivity index (χ1v) is 5.43. The van der Waals surface area contributed by atoms with Crippen LogP contribution < -0.4 is 11.5 Å². The minimum absolute atomic E-state index is 0.0709. The van der Waals surface area contributed by atoms with E-state index in [0.717, 1.165) is 16.9 Å². The molecule has 2 nitrogen and oxygen atoms in total. The topological polar surface area (TPSA) is 52.0 Å². The van der Waals surface area contributed by atoms with E-state index in [9.17, 15) is 0 Å². The summed E-state index contributed by atoms with van der Waals surface area (Å²) in [4.78, 5) is 0. The highest BCUT2D eigenvalue weighted by atomic mass is 14.6. The number of hydrogen-bond donors (Lipinski definition) is 2. The second-order valence-electron chi connectivity index (χ2n) is 5.43. The minimum Gasteiger partial charge on any atom is -0.398 e. The van der Waals surface area contributed by atoms with Gasteiger partial charge in [0.2, 0.25) is 0 Å². The highest BCUT2D eigenvalue weighted by molar-refractivity contribution is 5.67. The van der Waals surface area contributed by atoms with E-state index in [2.05, 4.69) is 34.6 Å². The zero-order valence-electron chi connectivity index (χ0n) is 10.4. The maximum atomic E-state index is 6.19. The van der Waals surface area contributed by atoms with Crippen molar-refractivity contribution in [3.63, 3.8) is 0 Å². The van der Waals surface area contributed by atoms with Crippen LogP contribution in [0.5, 0.6) is 0 Å². The standard InChI is InChI=1S/C13H22N2/c1-8(2)11-10(14)7-6-9(12(11)15)13(3,4)5/h6-8H,14-15H2,1-5H3. The molecular weight excluding hydrogens is 184 g/mol. The third-order valence-electron chi connectivity index (χ3n) is 2.71. The van der Waals surface area contributed by atoms with Crippen LogP contribution in [0.25, 0.3) is 0 Å². The number of nitrogens with two attached hydrogens (primary N) is 2. The molecule has 0 amide bonds. The van der Waals surface area contributed by atoms with Crippen molar-refractivity contribution in [2.45, 2.75) is 46.0 Å². The average molecular weight is 206 g/mol. The van der Waals surface area contributed by atoms with E-state index in [1.807, 2.05) is 12.1 Å². The quantitative estimate of drug-likeness (QED) is 0.693. The molecule has 0 aliphatic heterocycles. The van der Waals surface area contributed by atoms with E-state index in [0.29, 0.717) is 5.92 Å². The molecule has 0 fully saturated rings. The molecule has 0 saturated heterocycles. The van der Waals surface area contributed by atoms with Crippen LogP contribution in [0.1, 0.15) is 51.7 Å². The summed E-state index contributed by atoms with van der Waals surface area (Å²) >= 11 is 0. The van der Waals surface area contributed by atoms with Crippen LogP contribution in [0.2, 0.25) is 0 Å². The molecule has 0 aliphatic rings. The molecule has 0 saturated carbocycles. The van der Waals surface area contributed by atoms with Gasteiger partial charge in [-0.2, -0.15) is 0 Å². The van der Waals surface area contributed by atoms with Crippen LogP contribution in [0.3, 0.4) is 0 Å². The molecule has 0 aliphatic carbocycles. The van der Waals surface area contributed by atoms with Gasteiger partial charge in [0.25, 0.3) is 0 Å². The van der Waals surface area contributed by atoms with E-state index in [4.69, 9.17) is 11.5 Å². The summed E-state index contributed by atoms with van der Waals surface area (Å²) in [6.45, 7) is 10.7. The molecule has 2 heteroatoms. The first kappa shape index (κ1) is 11.9. The molecule has 0 unspecified atom stereocenters. The Morgan fingerprint density at radius 3 is 2.00 bits per heavy atom. The van der Waals surface area contributed by atoms with E-state index in [1.165, 1.54) is 5.56 Å². The van der Waals surface area contributed by atoms with Crippen LogP contribution in [-0.2, 0) is 5.41 Å². The zero-order chi connectivity index (χ0) is 11.8. The predicted octanol–water partition coefficient (Wildman–Crippen LogP) is 3.27. The lowest BCUT2D eigenvalue weighted by Gasteiger charge is -2.25. The van der Waals surface area contributed by atoms with Gasteiger partial charge < -0.3 is 11.5 Å². The van der Waals surface area contributed by atoms with Gasteiger partial charge in [-0.05, 0) is 23.0 Å². The molecule has 0 spiro atoms. The minimum atomic E-state index is 0.0709. The Balaban J connectivity index is 3.42. The summed E-state index contributed by atoms with van der Waals surface area (Å²) in [5, 5.41) is 0. The summed E-state index contributed by atoms with van der Waals surface area (Å²) < 4.78 is 0. The smallest absolute Gasteiger partial charge is 0.0407 e. The Labute approximate surface area is 92.7 Å². The van der Waals surface area contributed by atoms with Gasteiger partial charge >= 0.3 is 0 Å². The van der Waals surface area contributed by atoms with Gasteiger partial charge in [0.15, 0.2) is 0 Å². The van der Waals surface area contributed by atoms with Crippen molar-refractivity contribution in [1.82, 2.24) is 0 Å². The summed E-state index contributed by atoms with van der Waals surface area (Å²) in [6, 6.07) is 4.00. The normalized spacial score (nSPS) is 12.1. The lowest BCUT2D eigenvalue weighted by molar-refractivity contribution is 0.591. The summed E-state index contributed by atoms with van der Waals surface area (Å²) in [5.41, 5.74) is 16.1. The fourth-order valence-corrected chi connectivity index (χ4v) is 1.95. The molecule has 0 heterocycles. The first-order valence-electron chi connectivity index (χ1n) is 5.43. The third-order valence-corrected chi connectivity index (χ3v) is 2.71. The highest BCUT2D eigenvalue weighted by Crippen LogP contribution is 2.36. The van der Waals surface area contributed by atoms with Crippen molar-refractivity contribution >= 4 is 11.4 Å². The van der Waals surface area contributed by atoms with Crippen LogP contribution in [0.4, 0.5) is 11.4 Å². The molecule has 0 radical (unpaired) electrons. The van der Waals surface area contributed by atoms with Gasteiger partial charge in [-0.25, -0.2) is 0 Å². The largest absolute Gasteiger partial charge is 0.398 e. The maximum Gasteiger partial charge on any atom is 0.0407 e. The van der Waals surface area contributed by atoms with Gasteiger partial charge in [0.1, 0.15) is 0 Å². The van der Waals surface area contributed by atoms with E-state index < -0.39 is 0 Å². The van der Waals surface area contributed by atoms with E-state index in [-0.39, 0.29) is 5.41 Å². The molecule has 84 valence electrons. The zero-order valence-corrected chi connectivity index (χ0v) is 10.4. The second kappa shape index (κ2) is 3.76. The number of rotatable bonds is 1. The SMILES string of the molecule is CC(C)c1c(N)ccc(C(C)(C)C)c1N. The first-order chi connectivity index (χ1) is 6.75. The van der Waals surface area contributed by atoms with Gasteiger partial charge in [-0.1, -0.05) is 40.7 Å². The van der Waals surface area contributed by atoms with Gasteiger partial charge in [-0.15, -0.1) is 0 Å². The molecule has 1 aromatic carbocycles. The van der Waals surface area contributed by atoms with Gasteiger partial charge in [0, 0.05) is 16.9 Å². The lowest BCUT2D eigenvalue weighted by Crippen LogP contribution is -2.16. The summed E-state index contributed by atoms with van der Waals surface area (Å²) in [5.74, 6) is 0.368. The number of nitrogen functional groups attached to an aromatic ring is 2. The molecule has 0 aromatic heterocycles. The van der Waals surface area contributed by atoms with Crippen LogP contribution >= 0.6 is 0 Å². The van der Waals surface area contributed by atoms with Gasteiger partial charge in [0.05, 0.1) is 0 Å². The van der Waals surface area contributed by atoms with Crippen molar-refractivity contribution in [3.05, 3.63) is 23.3 Å². The van der Waals surface area contributed by atoms with Crippen LogP contribution in [0.15, 0.2) is 12.1 Å². The maximum absolute atomic E-state index is 6.19. The number of benzene rings is 1. The molecule has 1 rings (SSSR count). The monoisotopic (exact) mass is 206 g/mol. The fraction of sp³-hybridized carbons (Fsp3) is 0.538. The molecule has 0 bridgehead atoms. The lowest BCUT2D eigenvalue weighted by atomic mass is 9.82. The summed E-state index contributed by atoms with van der Waals surface area (Å²) in [7, 11) is 0. The Morgan fingerprint density at radius 1 is 1.07 bits per heavy atom. The highest BCUT2D eigenvalue weighted by Gasteiger charge is 2.20. The second-order valence-corrected chi connectivity index (χ2v) is 5.43. The van der Waals surface area contributed by atoms with Crippen molar-refractivity contribution in [1.29, 1.82) is 0 Å². The Hall–Kier alpha value is -1.18. The Kier molecular flexibility index (Phi) is 2.98. The molecular formula is C13H22N2. The Morgan fingerprint density at radius 2 is 1.60 bits per heavy atom. The molecule has 1 aromatic rings. The average Bonchev–Trinajstić information content (AvgIpc) is 2.00. The van der Waals surface area contributed by atoms with Gasteiger partial charge in [-0.3, -0.25) is 0 Å². The fourth-order valence-electron chi connectivity index (χ4n) is 1.95. The third kappa shape index (κ3) is 2.25. The molecule has 0 atom stereocenters. The number of hydrogen-bond acceptors (Lipinski definition) is 2. The number of anilines is 2. The van der Waals surface area contributed by atoms with Crippen molar-refractivity contribution in [2.24, 2.45) is 0 Å². The van der Waals surface area contributed by atoms with Crippen molar-refractivity contribution in [2.75, 3.05) is 11.5 Å². The molecule has 4 N–H and O–H groups in total. The predicted molar refractivity (Wildman–Crippen MR) is 68.1 cm³/mol. The summed E-state index contributed by atoms with van der Waals surface area (Å²) in [6.07, 6.45) is 0. The van der Waals surface area contributed by atoms with E-state index in [1.54, 1.807) is 0 Å². The van der Waals surface area contributed by atoms with E-state index >= 15 is 0 Å². The van der Waals surface area contributed by atoms with Crippen molar-refractivity contribution in [3.8, 4) is 0 Å².